The van der Waals surface area contributed by atoms with Crippen molar-refractivity contribution in [3.05, 3.63) is 105 Å². The van der Waals surface area contributed by atoms with E-state index in [4.69, 9.17) is 18.3 Å². The zero-order valence-corrected chi connectivity index (χ0v) is 20.2. The summed E-state index contributed by atoms with van der Waals surface area (Å²) in [6.45, 7) is 3.63. The molecule has 0 aliphatic heterocycles. The third-order valence-corrected chi connectivity index (χ3v) is 5.91. The zero-order chi connectivity index (χ0) is 25.9. The van der Waals surface area contributed by atoms with Crippen LogP contribution in [0.4, 0.5) is 5.69 Å². The molecule has 0 atom stereocenters. The summed E-state index contributed by atoms with van der Waals surface area (Å²) in [5.41, 5.74) is 2.36. The van der Waals surface area contributed by atoms with Gasteiger partial charge in [0.15, 0.2) is 6.61 Å². The third kappa shape index (κ3) is 5.08. The van der Waals surface area contributed by atoms with E-state index in [1.807, 2.05) is 38.1 Å². The predicted molar refractivity (Wildman–Crippen MR) is 140 cm³/mol. The molecular weight excluding hydrogens is 474 g/mol. The Morgan fingerprint density at radius 3 is 2.51 bits per heavy atom. The van der Waals surface area contributed by atoms with Gasteiger partial charge in [0.25, 0.3) is 5.91 Å². The number of carbonyl (C=O) groups excluding carboxylic acids is 1. The molecule has 0 bridgehead atoms. The molecule has 8 heteroatoms. The molecular formula is C29H23NO7. The standard InChI is InChI=1S/C29H23NO7/c1-3-18-6-4-5-7-23(18)30-27(31)16-34-19-8-11-22-24(13-19)35-15-26(29(22)33)36-20-9-10-21-17(2)12-28(32)37-25(21)14-20/h4-15H,3,16H2,1-2H3,(H,30,31). The molecule has 0 spiro atoms. The number of benzene rings is 3. The van der Waals surface area contributed by atoms with Gasteiger partial charge < -0.3 is 23.6 Å². The second kappa shape index (κ2) is 10.0. The number of hydrogen-bond donors (Lipinski definition) is 1. The molecule has 0 saturated carbocycles. The van der Waals surface area contributed by atoms with Crippen LogP contribution in [0.3, 0.4) is 0 Å². The summed E-state index contributed by atoms with van der Waals surface area (Å²) in [5.74, 6) is 0.379. The minimum absolute atomic E-state index is 0.0236. The van der Waals surface area contributed by atoms with Crippen LogP contribution in [-0.4, -0.2) is 12.5 Å². The van der Waals surface area contributed by atoms with Crippen LogP contribution in [0.5, 0.6) is 17.2 Å². The summed E-state index contributed by atoms with van der Waals surface area (Å²) in [6.07, 6.45) is 2.00. The molecule has 8 nitrogen and oxygen atoms in total. The van der Waals surface area contributed by atoms with Gasteiger partial charge in [-0.15, -0.1) is 0 Å². The number of nitrogens with one attached hydrogen (secondary N) is 1. The molecule has 1 amide bonds. The van der Waals surface area contributed by atoms with Gasteiger partial charge in [-0.2, -0.15) is 0 Å². The van der Waals surface area contributed by atoms with Crippen LogP contribution in [0.25, 0.3) is 21.9 Å². The summed E-state index contributed by atoms with van der Waals surface area (Å²) in [7, 11) is 0. The fourth-order valence-corrected chi connectivity index (χ4v) is 4.03. The molecule has 5 aromatic rings. The summed E-state index contributed by atoms with van der Waals surface area (Å²) in [5, 5.41) is 3.91. The highest BCUT2D eigenvalue weighted by atomic mass is 16.5. The smallest absolute Gasteiger partial charge is 0.336 e. The summed E-state index contributed by atoms with van der Waals surface area (Å²) in [4.78, 5) is 37.0. The number of ether oxygens (including phenoxy) is 2. The van der Waals surface area contributed by atoms with Crippen molar-refractivity contribution in [2.45, 2.75) is 20.3 Å². The normalized spacial score (nSPS) is 11.0. The van der Waals surface area contributed by atoms with Crippen molar-refractivity contribution in [1.29, 1.82) is 0 Å². The first-order chi connectivity index (χ1) is 17.9. The van der Waals surface area contributed by atoms with Crippen molar-refractivity contribution in [1.82, 2.24) is 0 Å². The molecule has 0 aliphatic carbocycles. The fraction of sp³-hybridized carbons (Fsp3) is 0.138. The minimum Gasteiger partial charge on any atom is -0.484 e. The van der Waals surface area contributed by atoms with E-state index in [9.17, 15) is 14.4 Å². The van der Waals surface area contributed by atoms with Gasteiger partial charge in [0, 0.05) is 29.3 Å². The maximum atomic E-state index is 13.0. The Hall–Kier alpha value is -4.85. The molecule has 0 radical (unpaired) electrons. The van der Waals surface area contributed by atoms with E-state index in [0.29, 0.717) is 17.1 Å². The van der Waals surface area contributed by atoms with Crippen molar-refractivity contribution in [2.75, 3.05) is 11.9 Å². The van der Waals surface area contributed by atoms with Gasteiger partial charge in [-0.05, 0) is 54.8 Å². The van der Waals surface area contributed by atoms with E-state index < -0.39 is 5.63 Å². The average molecular weight is 498 g/mol. The predicted octanol–water partition coefficient (Wildman–Crippen LogP) is 5.58. The Morgan fingerprint density at radius 1 is 0.919 bits per heavy atom. The van der Waals surface area contributed by atoms with Gasteiger partial charge in [-0.1, -0.05) is 25.1 Å². The molecule has 0 aliphatic rings. The van der Waals surface area contributed by atoms with Crippen molar-refractivity contribution >= 4 is 33.5 Å². The van der Waals surface area contributed by atoms with Gasteiger partial charge in [0.05, 0.1) is 5.39 Å². The molecule has 0 fully saturated rings. The number of para-hydroxylation sites is 1. The molecule has 0 saturated heterocycles. The van der Waals surface area contributed by atoms with Gasteiger partial charge in [0.1, 0.15) is 28.9 Å². The van der Waals surface area contributed by atoms with Crippen LogP contribution in [0.1, 0.15) is 18.1 Å². The van der Waals surface area contributed by atoms with Gasteiger partial charge >= 0.3 is 5.63 Å². The number of rotatable bonds is 7. The molecule has 1 N–H and O–H groups in total. The van der Waals surface area contributed by atoms with Crippen LogP contribution in [0.2, 0.25) is 0 Å². The van der Waals surface area contributed by atoms with Crippen LogP contribution in [0.15, 0.2) is 91.4 Å². The maximum Gasteiger partial charge on any atom is 0.336 e. The van der Waals surface area contributed by atoms with Crippen molar-refractivity contribution in [3.63, 3.8) is 0 Å². The van der Waals surface area contributed by atoms with E-state index in [2.05, 4.69) is 5.32 Å². The van der Waals surface area contributed by atoms with Crippen molar-refractivity contribution in [3.8, 4) is 17.2 Å². The molecule has 186 valence electrons. The lowest BCUT2D eigenvalue weighted by atomic mass is 10.1. The number of anilines is 1. The van der Waals surface area contributed by atoms with Gasteiger partial charge in [0.2, 0.25) is 11.2 Å². The summed E-state index contributed by atoms with van der Waals surface area (Å²) in [6, 6.07) is 18.7. The first-order valence-electron chi connectivity index (χ1n) is 11.7. The zero-order valence-electron chi connectivity index (χ0n) is 20.2. The molecule has 2 aromatic heterocycles. The molecule has 2 heterocycles. The summed E-state index contributed by atoms with van der Waals surface area (Å²) >= 11 is 0. The lowest BCUT2D eigenvalue weighted by Gasteiger charge is -2.11. The molecule has 5 rings (SSSR count). The Morgan fingerprint density at radius 2 is 1.68 bits per heavy atom. The highest BCUT2D eigenvalue weighted by Gasteiger charge is 2.13. The van der Waals surface area contributed by atoms with E-state index in [0.717, 1.165) is 28.6 Å². The van der Waals surface area contributed by atoms with E-state index in [1.165, 1.54) is 12.3 Å². The third-order valence-electron chi connectivity index (χ3n) is 5.91. The summed E-state index contributed by atoms with van der Waals surface area (Å²) < 4.78 is 22.2. The number of hydrogen-bond acceptors (Lipinski definition) is 7. The SMILES string of the molecule is CCc1ccccc1NC(=O)COc1ccc2c(=O)c(Oc3ccc4c(C)cc(=O)oc4c3)coc2c1. The fourth-order valence-electron chi connectivity index (χ4n) is 4.03. The van der Waals surface area contributed by atoms with E-state index >= 15 is 0 Å². The lowest BCUT2D eigenvalue weighted by molar-refractivity contribution is -0.118. The minimum atomic E-state index is -0.464. The second-order valence-corrected chi connectivity index (χ2v) is 8.44. The Labute approximate surface area is 211 Å². The molecule has 0 unspecified atom stereocenters. The van der Waals surface area contributed by atoms with Gasteiger partial charge in [-0.3, -0.25) is 9.59 Å². The van der Waals surface area contributed by atoms with E-state index in [1.54, 1.807) is 36.4 Å². The number of fused-ring (bicyclic) bond motifs is 2. The van der Waals surface area contributed by atoms with Crippen molar-refractivity contribution in [2.24, 2.45) is 0 Å². The largest absolute Gasteiger partial charge is 0.484 e. The number of amides is 1. The highest BCUT2D eigenvalue weighted by molar-refractivity contribution is 5.92. The Kier molecular flexibility index (Phi) is 6.47. The molecule has 37 heavy (non-hydrogen) atoms. The number of carbonyl (C=O) groups is 1. The highest BCUT2D eigenvalue weighted by Crippen LogP contribution is 2.27. The number of aryl methyl sites for hydroxylation is 2. The topological polar surface area (TPSA) is 108 Å². The average Bonchev–Trinajstić information content (AvgIpc) is 2.89. The maximum absolute atomic E-state index is 13.0. The Bertz CT molecular complexity index is 1750. The second-order valence-electron chi connectivity index (χ2n) is 8.44. The van der Waals surface area contributed by atoms with E-state index in [-0.39, 0.29) is 34.7 Å². The lowest BCUT2D eigenvalue weighted by Crippen LogP contribution is -2.20. The van der Waals surface area contributed by atoms with Crippen LogP contribution in [0, 0.1) is 6.92 Å². The van der Waals surface area contributed by atoms with Crippen molar-refractivity contribution < 1.29 is 23.1 Å². The van der Waals surface area contributed by atoms with Crippen LogP contribution in [-0.2, 0) is 11.2 Å². The monoisotopic (exact) mass is 497 g/mol. The Balaban J connectivity index is 1.31. The molecule has 3 aromatic carbocycles. The van der Waals surface area contributed by atoms with Crippen LogP contribution >= 0.6 is 0 Å². The van der Waals surface area contributed by atoms with Crippen LogP contribution < -0.4 is 25.8 Å². The van der Waals surface area contributed by atoms with Gasteiger partial charge in [-0.25, -0.2) is 4.79 Å². The first kappa shape index (κ1) is 23.9. The quantitative estimate of drug-likeness (QED) is 0.293. The first-order valence-corrected chi connectivity index (χ1v) is 11.7.